The average Bonchev–Trinajstić information content (AvgIpc) is 1.66. The highest BCUT2D eigenvalue weighted by atomic mass is 16.3. The summed E-state index contributed by atoms with van der Waals surface area (Å²) in [7, 11) is 0. The van der Waals surface area contributed by atoms with Gasteiger partial charge in [-0.25, -0.2) is 4.99 Å². The smallest absolute Gasteiger partial charge is 0.244 e. The molecular formula is C79H106N18O8. The SMILES string of the molecule is Cc1ccc(C[C@H](NC(=O)/C=C/c2ccccc2)C(=O)N[C@@H](Cc2ccc(N=C(N)N)cc2)C(=O)N[C@@H](CC(C)C)C(=O)N[C@@H](CCCN=C(N)N)C(=O)N[C@@H](CCCN=C(N)N)C(N)=O)cc1.Cc1ccc(Cn2c(=N)n(C(C)C(=O)c3cc(C(C)(C)C)c(O)c(C(C)(C)C)c3)c3ccccc32)cc1. The third-order valence-corrected chi connectivity index (χ3v) is 17.4. The fourth-order valence-electron chi connectivity index (χ4n) is 11.7. The number of nitrogens with zero attached hydrogens (tertiary/aromatic N) is 5. The van der Waals surface area contributed by atoms with Crippen LogP contribution in [0.25, 0.3) is 17.1 Å². The number of imidazole rings is 1. The van der Waals surface area contributed by atoms with E-state index in [4.69, 9.17) is 45.5 Å². The first kappa shape index (κ1) is 82.4. The predicted molar refractivity (Wildman–Crippen MR) is 415 cm³/mol. The summed E-state index contributed by atoms with van der Waals surface area (Å²) >= 11 is 0. The number of amides is 6. The Morgan fingerprint density at radius 1 is 0.533 bits per heavy atom. The summed E-state index contributed by atoms with van der Waals surface area (Å²) in [5.74, 6) is -4.65. The standard InChI is InChI=1S/C47H67N15O6.C32H39N3O2/c1-28(2)25-36(42(66)60-35(12-8-24-56-46(51)52)41(65)59-34(40(48)64)11-7-23-55-45(49)50)61-44(68)38(27-32-17-20-33(21-18-32)57-47(53)54)62-43(67)37(26-31-15-13-29(3)14-16-31)58-39(63)22-19-30-9-5-4-6-10-30;1-20-13-15-22(16-14-20)19-34-26-11-9-10-12-27(26)35(30(34)33)21(2)28(36)23-17-24(31(3,4)5)29(37)25(18-23)32(6,7)8/h4-6,9-10,13-22,28,34-38H,7-8,11-12,23-27H2,1-3H3,(H2,48,64)(H,58,63)(H,59,65)(H,60,66)(H,61,68)(H,62,67)(H4,49,50,55)(H4,51,52,56)(H4,53,54,57);9-18,21,33,37H,19H2,1-8H3/b22-19+;/t34-,35-,36-,37-,38-;/m0./s1. The minimum Gasteiger partial charge on any atom is -0.507 e. The van der Waals surface area contributed by atoms with Crippen molar-refractivity contribution in [1.82, 2.24) is 35.7 Å². The average molecular weight is 1440 g/mol. The van der Waals surface area contributed by atoms with E-state index >= 15 is 0 Å². The molecule has 1 aromatic heterocycles. The van der Waals surface area contributed by atoms with E-state index in [1.54, 1.807) is 30.3 Å². The van der Waals surface area contributed by atoms with Crippen molar-refractivity contribution in [2.45, 2.75) is 175 Å². The van der Waals surface area contributed by atoms with Gasteiger partial charge in [0.25, 0.3) is 0 Å². The van der Waals surface area contributed by atoms with Gasteiger partial charge in [0.2, 0.25) is 41.1 Å². The molecule has 6 aromatic carbocycles. The van der Waals surface area contributed by atoms with Crippen LogP contribution in [0.4, 0.5) is 5.69 Å². The number of Topliss-reactive ketones (excluding diaryl/α,β-unsaturated/α-hetero) is 1. The highest BCUT2D eigenvalue weighted by Gasteiger charge is 2.35. The van der Waals surface area contributed by atoms with Crippen LogP contribution in [0.3, 0.4) is 0 Å². The maximum Gasteiger partial charge on any atom is 0.244 e. The predicted octanol–water partition coefficient (Wildman–Crippen LogP) is 6.48. The number of guanidine groups is 3. The van der Waals surface area contributed by atoms with E-state index in [-0.39, 0.29) is 103 Å². The minimum atomic E-state index is -1.30. The zero-order valence-electron chi connectivity index (χ0n) is 62.1. The molecule has 0 radical (unpaired) electrons. The second kappa shape index (κ2) is 38.1. The monoisotopic (exact) mass is 1430 g/mol. The lowest BCUT2D eigenvalue weighted by Crippen LogP contribution is -2.59. The number of aromatic nitrogens is 2. The lowest BCUT2D eigenvalue weighted by atomic mass is 9.78. The number of carbonyl (C=O) groups is 7. The summed E-state index contributed by atoms with van der Waals surface area (Å²) in [6.07, 6.45) is 3.73. The maximum atomic E-state index is 14.5. The number of nitrogens with two attached hydrogens (primary N) is 7. The molecular weight excluding hydrogens is 1330 g/mol. The molecule has 26 nitrogen and oxygen atoms in total. The lowest BCUT2D eigenvalue weighted by Gasteiger charge is -2.28. The molecule has 0 aliphatic carbocycles. The summed E-state index contributed by atoms with van der Waals surface area (Å²) in [5, 5.41) is 34.0. The molecule has 7 rings (SSSR count). The van der Waals surface area contributed by atoms with Gasteiger partial charge in [-0.15, -0.1) is 0 Å². The largest absolute Gasteiger partial charge is 0.507 e. The van der Waals surface area contributed by atoms with Crippen LogP contribution >= 0.6 is 0 Å². The van der Waals surface area contributed by atoms with Crippen LogP contribution in [0.5, 0.6) is 5.75 Å². The van der Waals surface area contributed by atoms with Crippen LogP contribution in [-0.2, 0) is 59.0 Å². The number of phenolic OH excluding ortho intramolecular Hbond substituents is 1. The fraction of sp³-hybridized carbons (Fsp3) is 0.380. The van der Waals surface area contributed by atoms with Crippen molar-refractivity contribution in [1.29, 1.82) is 5.41 Å². The van der Waals surface area contributed by atoms with Crippen molar-refractivity contribution in [3.05, 3.63) is 201 Å². The van der Waals surface area contributed by atoms with Crippen molar-refractivity contribution in [3.8, 4) is 5.75 Å². The molecule has 0 saturated carbocycles. The van der Waals surface area contributed by atoms with Crippen LogP contribution < -0.4 is 72.3 Å². The van der Waals surface area contributed by atoms with Gasteiger partial charge in [0, 0.05) is 48.7 Å². The number of benzene rings is 6. The number of hydrogen-bond donors (Lipinski definition) is 14. The number of para-hydroxylation sites is 2. The van der Waals surface area contributed by atoms with Crippen LogP contribution in [0.15, 0.2) is 161 Å². The number of aliphatic imine (C=N–C) groups is 3. The van der Waals surface area contributed by atoms with Crippen LogP contribution in [0, 0.1) is 25.2 Å². The molecule has 0 saturated heterocycles. The number of hydrogen-bond acceptors (Lipinski definition) is 12. The summed E-state index contributed by atoms with van der Waals surface area (Å²) in [6, 6.07) is 36.5. The van der Waals surface area contributed by atoms with E-state index in [2.05, 4.69) is 72.8 Å². The van der Waals surface area contributed by atoms with E-state index in [0.717, 1.165) is 44.4 Å². The molecule has 6 atom stereocenters. The molecule has 6 amide bonds. The molecule has 0 aliphatic rings. The van der Waals surface area contributed by atoms with Gasteiger partial charge < -0.3 is 76.4 Å². The van der Waals surface area contributed by atoms with Crippen molar-refractivity contribution >= 4 is 81.9 Å². The molecule has 0 aliphatic heterocycles. The molecule has 7 aromatic rings. The molecule has 105 heavy (non-hydrogen) atoms. The first-order valence-corrected chi connectivity index (χ1v) is 35.1. The quantitative estimate of drug-likeness (QED) is 0.00705. The molecule has 26 heteroatoms. The number of aromatic hydroxyl groups is 1. The molecule has 0 fully saturated rings. The summed E-state index contributed by atoms with van der Waals surface area (Å²) in [5.41, 5.74) is 47.9. The Labute approximate surface area is 614 Å². The number of ketones is 1. The third-order valence-electron chi connectivity index (χ3n) is 17.4. The Kier molecular flexibility index (Phi) is 29.9. The topological polar surface area (TPSA) is 453 Å². The molecule has 1 heterocycles. The first-order chi connectivity index (χ1) is 49.5. The number of phenols is 1. The minimum absolute atomic E-state index is 0.0271. The van der Waals surface area contributed by atoms with Crippen LogP contribution in [0.2, 0.25) is 0 Å². The van der Waals surface area contributed by atoms with Crippen LogP contribution in [0.1, 0.15) is 155 Å². The number of nitrogens with one attached hydrogen (secondary N) is 6. The number of fused-ring (bicyclic) bond motifs is 1. The van der Waals surface area contributed by atoms with Crippen LogP contribution in [-0.4, -0.2) is 117 Å². The second-order valence-electron chi connectivity index (χ2n) is 28.8. The summed E-state index contributed by atoms with van der Waals surface area (Å²) in [4.78, 5) is 109. The fourth-order valence-corrected chi connectivity index (χ4v) is 11.7. The summed E-state index contributed by atoms with van der Waals surface area (Å²) in [6.45, 7) is 22.6. The molecule has 0 bridgehead atoms. The number of rotatable bonds is 32. The number of primary amides is 1. The lowest BCUT2D eigenvalue weighted by molar-refractivity contribution is -0.135. The normalized spacial score (nSPS) is 13.1. The Bertz CT molecular complexity index is 4290. The van der Waals surface area contributed by atoms with Gasteiger partial charge in [-0.05, 0) is 134 Å². The second-order valence-corrected chi connectivity index (χ2v) is 28.8. The van der Waals surface area contributed by atoms with E-state index in [0.29, 0.717) is 29.8 Å². The molecule has 1 unspecified atom stereocenters. The van der Waals surface area contributed by atoms with Crippen molar-refractivity contribution in [2.24, 2.45) is 61.0 Å². The Hall–Kier alpha value is -11.6. The third kappa shape index (κ3) is 25.4. The Morgan fingerprint density at radius 3 is 1.47 bits per heavy atom. The van der Waals surface area contributed by atoms with Gasteiger partial charge in [0.1, 0.15) is 36.0 Å². The van der Waals surface area contributed by atoms with Gasteiger partial charge in [0.15, 0.2) is 23.7 Å². The van der Waals surface area contributed by atoms with Gasteiger partial charge in [-0.3, -0.25) is 53.5 Å². The van der Waals surface area contributed by atoms with Gasteiger partial charge in [0.05, 0.1) is 29.3 Å². The summed E-state index contributed by atoms with van der Waals surface area (Å²) < 4.78 is 3.79. The van der Waals surface area contributed by atoms with Crippen molar-refractivity contribution in [3.63, 3.8) is 0 Å². The highest BCUT2D eigenvalue weighted by Crippen LogP contribution is 2.40. The molecule has 560 valence electrons. The van der Waals surface area contributed by atoms with E-state index in [1.165, 1.54) is 11.6 Å². The zero-order valence-corrected chi connectivity index (χ0v) is 62.1. The maximum absolute atomic E-state index is 14.5. The van der Waals surface area contributed by atoms with Gasteiger partial charge in [-0.2, -0.15) is 0 Å². The number of carbonyl (C=O) groups excluding carboxylic acids is 7. The number of aryl methyl sites for hydroxylation is 2. The van der Waals surface area contributed by atoms with Crippen molar-refractivity contribution in [2.75, 3.05) is 13.1 Å². The van der Waals surface area contributed by atoms with Gasteiger partial charge in [-0.1, -0.05) is 170 Å². The zero-order chi connectivity index (χ0) is 77.5. The van der Waals surface area contributed by atoms with E-state index in [9.17, 15) is 38.7 Å². The molecule has 0 spiro atoms. The first-order valence-electron chi connectivity index (χ1n) is 35.1. The van der Waals surface area contributed by atoms with Crippen molar-refractivity contribution < 1.29 is 38.7 Å². The Morgan fingerprint density at radius 2 is 0.971 bits per heavy atom. The van der Waals surface area contributed by atoms with Gasteiger partial charge >= 0.3 is 0 Å². The Balaban J connectivity index is 0.000000390. The van der Waals surface area contributed by atoms with E-state index in [1.807, 2.05) is 169 Å². The highest BCUT2D eigenvalue weighted by molar-refractivity contribution is 6.01. The van der Waals surface area contributed by atoms with E-state index < -0.39 is 71.7 Å². The molecule has 21 N–H and O–H groups in total.